The van der Waals surface area contributed by atoms with Crippen LogP contribution in [-0.2, 0) is 14.3 Å². The van der Waals surface area contributed by atoms with Crippen molar-refractivity contribution < 1.29 is 29.0 Å². The zero-order valence-electron chi connectivity index (χ0n) is 15.1. The summed E-state index contributed by atoms with van der Waals surface area (Å²) < 4.78 is 10.3. The van der Waals surface area contributed by atoms with Crippen LogP contribution in [-0.4, -0.2) is 63.5 Å². The Morgan fingerprint density at radius 2 is 1.46 bits per heavy atom. The Kier molecular flexibility index (Phi) is 8.56. The lowest BCUT2D eigenvalue weighted by Crippen LogP contribution is -2.53. The van der Waals surface area contributed by atoms with Gasteiger partial charge in [0.1, 0.15) is 11.2 Å². The Hall–Kier alpha value is -1.48. The smallest absolute Gasteiger partial charge is 0.420 e. The topological polar surface area (TPSA) is 119 Å². The average Bonchev–Trinajstić information content (AvgIpc) is 2.32. The summed E-state index contributed by atoms with van der Waals surface area (Å²) in [5, 5.41) is 9.44. The molecule has 24 heavy (non-hydrogen) atoms. The number of carboxylic acids is 1. The largest absolute Gasteiger partial charge is 0.480 e. The SMILES string of the molecule is CC(C)(C)OC(=O)N(C(=O)OC(C)(C)C)[C@@H](CSCCN)C(=O)O. The van der Waals surface area contributed by atoms with Gasteiger partial charge in [0.05, 0.1) is 0 Å². The number of thioether (sulfide) groups is 1. The minimum Gasteiger partial charge on any atom is -0.480 e. The highest BCUT2D eigenvalue weighted by Crippen LogP contribution is 2.19. The molecule has 0 saturated heterocycles. The first kappa shape index (κ1) is 22.5. The van der Waals surface area contributed by atoms with Crippen LogP contribution in [0.2, 0.25) is 0 Å². The lowest BCUT2D eigenvalue weighted by atomic mass is 10.2. The first-order valence-corrected chi connectivity index (χ1v) is 8.70. The summed E-state index contributed by atoms with van der Waals surface area (Å²) in [6.07, 6.45) is -2.12. The molecule has 0 aromatic rings. The Labute approximate surface area is 147 Å². The van der Waals surface area contributed by atoms with Crippen LogP contribution in [0.4, 0.5) is 9.59 Å². The van der Waals surface area contributed by atoms with Crippen molar-refractivity contribution in [2.75, 3.05) is 18.1 Å². The summed E-state index contributed by atoms with van der Waals surface area (Å²) in [6, 6.07) is -1.41. The normalized spacial score (nSPS) is 13.1. The van der Waals surface area contributed by atoms with Crippen molar-refractivity contribution in [1.29, 1.82) is 0 Å². The molecule has 0 unspecified atom stereocenters. The number of hydrogen-bond donors (Lipinski definition) is 2. The molecule has 0 rings (SSSR count). The maximum absolute atomic E-state index is 12.4. The molecular formula is C15H28N2O6S. The van der Waals surface area contributed by atoms with E-state index in [1.165, 1.54) is 11.8 Å². The summed E-state index contributed by atoms with van der Waals surface area (Å²) in [7, 11) is 0. The van der Waals surface area contributed by atoms with Crippen LogP contribution in [0.25, 0.3) is 0 Å². The second-order valence-electron chi connectivity index (χ2n) is 7.05. The van der Waals surface area contributed by atoms with Crippen LogP contribution >= 0.6 is 11.8 Å². The third-order valence-corrected chi connectivity index (χ3v) is 3.39. The van der Waals surface area contributed by atoms with Crippen molar-refractivity contribution in [2.45, 2.75) is 58.8 Å². The van der Waals surface area contributed by atoms with E-state index >= 15 is 0 Å². The summed E-state index contributed by atoms with van der Waals surface area (Å²) >= 11 is 1.23. The van der Waals surface area contributed by atoms with Gasteiger partial charge in [0.25, 0.3) is 0 Å². The molecule has 0 aromatic carbocycles. The highest BCUT2D eigenvalue weighted by Gasteiger charge is 2.40. The van der Waals surface area contributed by atoms with Gasteiger partial charge < -0.3 is 20.3 Å². The van der Waals surface area contributed by atoms with E-state index < -0.39 is 35.4 Å². The second kappa shape index (κ2) is 9.12. The number of carbonyl (C=O) groups is 3. The summed E-state index contributed by atoms with van der Waals surface area (Å²) in [5.74, 6) is -0.832. The third-order valence-electron chi connectivity index (χ3n) is 2.32. The zero-order valence-corrected chi connectivity index (χ0v) is 15.9. The molecule has 8 nitrogen and oxygen atoms in total. The van der Waals surface area contributed by atoms with Crippen molar-refractivity contribution in [3.8, 4) is 0 Å². The van der Waals surface area contributed by atoms with Crippen molar-refractivity contribution in [1.82, 2.24) is 4.90 Å². The van der Waals surface area contributed by atoms with Crippen molar-refractivity contribution in [3.63, 3.8) is 0 Å². The number of amides is 2. The molecule has 0 radical (unpaired) electrons. The van der Waals surface area contributed by atoms with Crippen molar-refractivity contribution in [3.05, 3.63) is 0 Å². The molecule has 1 atom stereocenters. The molecular weight excluding hydrogens is 336 g/mol. The first-order valence-electron chi connectivity index (χ1n) is 7.54. The number of hydrogen-bond acceptors (Lipinski definition) is 7. The number of imide groups is 1. The van der Waals surface area contributed by atoms with E-state index in [9.17, 15) is 19.5 Å². The van der Waals surface area contributed by atoms with Crippen LogP contribution in [0, 0.1) is 0 Å². The first-order chi connectivity index (χ1) is 10.8. The Morgan fingerprint density at radius 3 is 1.75 bits per heavy atom. The quantitative estimate of drug-likeness (QED) is 0.689. The molecule has 2 amide bonds. The van der Waals surface area contributed by atoms with Gasteiger partial charge in [0.15, 0.2) is 6.04 Å². The molecule has 0 fully saturated rings. The maximum Gasteiger partial charge on any atom is 0.420 e. The van der Waals surface area contributed by atoms with E-state index in [2.05, 4.69) is 0 Å². The van der Waals surface area contributed by atoms with E-state index in [0.717, 1.165) is 0 Å². The molecule has 0 spiro atoms. The molecule has 140 valence electrons. The van der Waals surface area contributed by atoms with Gasteiger partial charge in [-0.25, -0.2) is 14.4 Å². The molecule has 0 aromatic heterocycles. The lowest BCUT2D eigenvalue weighted by molar-refractivity contribution is -0.142. The average molecular weight is 364 g/mol. The van der Waals surface area contributed by atoms with Crippen molar-refractivity contribution >= 4 is 29.9 Å². The van der Waals surface area contributed by atoms with Gasteiger partial charge in [-0.1, -0.05) is 0 Å². The fourth-order valence-corrected chi connectivity index (χ4v) is 2.33. The Balaban J connectivity index is 5.50. The number of carbonyl (C=O) groups excluding carboxylic acids is 2. The molecule has 0 saturated carbocycles. The van der Waals surface area contributed by atoms with Gasteiger partial charge in [-0.2, -0.15) is 16.7 Å². The van der Waals surface area contributed by atoms with Gasteiger partial charge in [-0.3, -0.25) is 0 Å². The molecule has 0 aliphatic carbocycles. The highest BCUT2D eigenvalue weighted by atomic mass is 32.2. The van der Waals surface area contributed by atoms with E-state index in [-0.39, 0.29) is 5.75 Å². The standard InChI is InChI=1S/C15H28N2O6S/c1-14(2,3)22-12(20)17(13(21)23-15(4,5)6)10(11(18)19)9-24-8-7-16/h10H,7-9,16H2,1-6H3,(H,18,19)/t10-/m0/s1. The molecule has 0 bridgehead atoms. The monoisotopic (exact) mass is 364 g/mol. The van der Waals surface area contributed by atoms with Gasteiger partial charge in [-0.05, 0) is 41.5 Å². The van der Waals surface area contributed by atoms with E-state index in [4.69, 9.17) is 15.2 Å². The van der Waals surface area contributed by atoms with Gasteiger partial charge in [-0.15, -0.1) is 0 Å². The van der Waals surface area contributed by atoms with Gasteiger partial charge in [0, 0.05) is 18.1 Å². The minimum absolute atomic E-state index is 0.00891. The van der Waals surface area contributed by atoms with E-state index in [1.54, 1.807) is 41.5 Å². The number of nitrogens with two attached hydrogens (primary N) is 1. The van der Waals surface area contributed by atoms with Crippen molar-refractivity contribution in [2.24, 2.45) is 5.73 Å². The number of carboxylic acid groups (broad SMARTS) is 1. The van der Waals surface area contributed by atoms with E-state index in [1.807, 2.05) is 0 Å². The highest BCUT2D eigenvalue weighted by molar-refractivity contribution is 7.99. The van der Waals surface area contributed by atoms with Crippen LogP contribution < -0.4 is 5.73 Å². The fourth-order valence-electron chi connectivity index (χ4n) is 1.49. The minimum atomic E-state index is -1.41. The van der Waals surface area contributed by atoms with Crippen LogP contribution in [0.3, 0.4) is 0 Å². The number of aliphatic carboxylic acids is 1. The predicted molar refractivity (Wildman–Crippen MR) is 92.1 cm³/mol. The number of rotatable bonds is 6. The van der Waals surface area contributed by atoms with E-state index in [0.29, 0.717) is 17.2 Å². The predicted octanol–water partition coefficient (Wildman–Crippen LogP) is 2.30. The maximum atomic E-state index is 12.4. The molecule has 0 aliphatic rings. The molecule has 0 aliphatic heterocycles. The lowest BCUT2D eigenvalue weighted by Gasteiger charge is -2.31. The summed E-state index contributed by atoms with van der Waals surface area (Å²) in [6.45, 7) is 10.1. The van der Waals surface area contributed by atoms with Gasteiger partial charge in [0.2, 0.25) is 0 Å². The Morgan fingerprint density at radius 1 is 1.04 bits per heavy atom. The summed E-state index contributed by atoms with van der Waals surface area (Å²) in [5.41, 5.74) is 3.62. The Bertz CT molecular complexity index is 428. The van der Waals surface area contributed by atoms with Gasteiger partial charge >= 0.3 is 18.2 Å². The molecule has 9 heteroatoms. The molecule has 3 N–H and O–H groups in total. The number of ether oxygens (including phenoxy) is 2. The fraction of sp³-hybridized carbons (Fsp3) is 0.800. The molecule has 0 heterocycles. The van der Waals surface area contributed by atoms with Crippen LogP contribution in [0.15, 0.2) is 0 Å². The van der Waals surface area contributed by atoms with Crippen LogP contribution in [0.1, 0.15) is 41.5 Å². The number of nitrogens with zero attached hydrogens (tertiary/aromatic N) is 1. The zero-order chi connectivity index (χ0) is 19.1. The van der Waals surface area contributed by atoms with Crippen LogP contribution in [0.5, 0.6) is 0 Å². The second-order valence-corrected chi connectivity index (χ2v) is 8.20. The summed E-state index contributed by atoms with van der Waals surface area (Å²) in [4.78, 5) is 36.8. The third kappa shape index (κ3) is 8.97.